The van der Waals surface area contributed by atoms with Crippen molar-refractivity contribution in [2.24, 2.45) is 5.92 Å². The van der Waals surface area contributed by atoms with E-state index >= 15 is 0 Å². The molecule has 0 radical (unpaired) electrons. The molecular weight excluding hydrogens is 184 g/mol. The fourth-order valence-corrected chi connectivity index (χ4v) is 2.29. The summed E-state index contributed by atoms with van der Waals surface area (Å²) < 4.78 is 0. The number of piperazine rings is 1. The molecule has 1 heterocycles. The van der Waals surface area contributed by atoms with Gasteiger partial charge in [-0.1, -0.05) is 19.9 Å². The van der Waals surface area contributed by atoms with Gasteiger partial charge in [0.05, 0.1) is 0 Å². The summed E-state index contributed by atoms with van der Waals surface area (Å²) in [6.07, 6.45) is 3.28. The summed E-state index contributed by atoms with van der Waals surface area (Å²) in [7, 11) is 0. The molecule has 1 saturated heterocycles. The van der Waals surface area contributed by atoms with Gasteiger partial charge in [-0.2, -0.15) is 0 Å². The fourth-order valence-electron chi connectivity index (χ4n) is 2.29. The first-order chi connectivity index (χ1) is 6.95. The number of rotatable bonds is 4. The minimum Gasteiger partial charge on any atom is -0.311 e. The number of nitrogens with one attached hydrogen (secondary N) is 1. The third kappa shape index (κ3) is 3.62. The summed E-state index contributed by atoms with van der Waals surface area (Å²) in [5, 5.41) is 3.65. The van der Waals surface area contributed by atoms with Crippen LogP contribution >= 0.6 is 0 Å². The lowest BCUT2D eigenvalue weighted by Crippen LogP contribution is -2.62. The molecule has 0 bridgehead atoms. The van der Waals surface area contributed by atoms with Crippen molar-refractivity contribution in [1.82, 2.24) is 10.2 Å². The van der Waals surface area contributed by atoms with Gasteiger partial charge in [0.15, 0.2) is 0 Å². The lowest BCUT2D eigenvalue weighted by molar-refractivity contribution is 0.0729. The molecule has 1 rings (SSSR count). The quantitative estimate of drug-likeness (QED) is 0.716. The zero-order valence-electron chi connectivity index (χ0n) is 10.7. The van der Waals surface area contributed by atoms with Crippen LogP contribution in [0.25, 0.3) is 0 Å². The van der Waals surface area contributed by atoms with E-state index < -0.39 is 0 Å². The topological polar surface area (TPSA) is 15.3 Å². The minimum atomic E-state index is 0.266. The highest BCUT2D eigenvalue weighted by Gasteiger charge is 2.32. The molecule has 0 aromatic carbocycles. The third-order valence-corrected chi connectivity index (χ3v) is 3.23. The van der Waals surface area contributed by atoms with Crippen LogP contribution in [0.15, 0.2) is 12.7 Å². The first-order valence-corrected chi connectivity index (χ1v) is 6.05. The van der Waals surface area contributed by atoms with Crippen LogP contribution in [0.4, 0.5) is 0 Å². The second kappa shape index (κ2) is 5.13. The molecule has 0 spiro atoms. The maximum absolute atomic E-state index is 3.84. The summed E-state index contributed by atoms with van der Waals surface area (Å²) in [5.74, 6) is 0.772. The molecule has 15 heavy (non-hydrogen) atoms. The predicted molar refractivity (Wildman–Crippen MR) is 67.1 cm³/mol. The van der Waals surface area contributed by atoms with Crippen LogP contribution in [0.1, 0.15) is 34.1 Å². The minimum absolute atomic E-state index is 0.266. The Morgan fingerprint density at radius 1 is 1.53 bits per heavy atom. The zero-order valence-corrected chi connectivity index (χ0v) is 10.7. The Morgan fingerprint density at radius 2 is 2.20 bits per heavy atom. The van der Waals surface area contributed by atoms with Crippen molar-refractivity contribution in [2.75, 3.05) is 19.6 Å². The highest BCUT2D eigenvalue weighted by Crippen LogP contribution is 2.20. The van der Waals surface area contributed by atoms with Crippen LogP contribution in [0, 0.1) is 5.92 Å². The maximum Gasteiger partial charge on any atom is 0.0281 e. The van der Waals surface area contributed by atoms with Crippen LogP contribution < -0.4 is 5.32 Å². The van der Waals surface area contributed by atoms with E-state index in [4.69, 9.17) is 0 Å². The van der Waals surface area contributed by atoms with Gasteiger partial charge in [0.25, 0.3) is 0 Å². The van der Waals surface area contributed by atoms with Gasteiger partial charge in [-0.05, 0) is 26.2 Å². The second-order valence-electron chi connectivity index (χ2n) is 5.71. The van der Waals surface area contributed by atoms with Gasteiger partial charge in [-0.15, -0.1) is 6.58 Å². The van der Waals surface area contributed by atoms with Gasteiger partial charge >= 0.3 is 0 Å². The lowest BCUT2D eigenvalue weighted by Gasteiger charge is -2.46. The van der Waals surface area contributed by atoms with Crippen LogP contribution in [0.2, 0.25) is 0 Å². The fraction of sp³-hybridized carbons (Fsp3) is 0.846. The monoisotopic (exact) mass is 210 g/mol. The Bertz CT molecular complexity index is 209. The molecule has 1 fully saturated rings. The van der Waals surface area contributed by atoms with E-state index in [0.717, 1.165) is 25.6 Å². The Labute approximate surface area is 94.7 Å². The SMILES string of the molecule is C=CCN1CC(CC(C)C)NCC1(C)C. The number of nitrogens with zero attached hydrogens (tertiary/aromatic N) is 1. The average molecular weight is 210 g/mol. The van der Waals surface area contributed by atoms with Crippen molar-refractivity contribution in [3.05, 3.63) is 12.7 Å². The number of hydrogen-bond donors (Lipinski definition) is 1. The van der Waals surface area contributed by atoms with Gasteiger partial charge in [0.2, 0.25) is 0 Å². The summed E-state index contributed by atoms with van der Waals surface area (Å²) in [4.78, 5) is 2.53. The van der Waals surface area contributed by atoms with Crippen molar-refractivity contribution in [2.45, 2.75) is 45.7 Å². The van der Waals surface area contributed by atoms with Crippen molar-refractivity contribution in [3.8, 4) is 0 Å². The van der Waals surface area contributed by atoms with E-state index in [1.807, 2.05) is 6.08 Å². The molecular formula is C13H26N2. The molecule has 2 heteroatoms. The van der Waals surface area contributed by atoms with E-state index in [2.05, 4.69) is 44.5 Å². The first-order valence-electron chi connectivity index (χ1n) is 6.05. The molecule has 1 aliphatic heterocycles. The highest BCUT2D eigenvalue weighted by atomic mass is 15.3. The Morgan fingerprint density at radius 3 is 2.73 bits per heavy atom. The summed E-state index contributed by atoms with van der Waals surface area (Å²) >= 11 is 0. The zero-order chi connectivity index (χ0) is 11.5. The van der Waals surface area contributed by atoms with E-state index in [1.54, 1.807) is 0 Å². The molecule has 0 aromatic rings. The Kier molecular flexibility index (Phi) is 4.35. The third-order valence-electron chi connectivity index (χ3n) is 3.23. The van der Waals surface area contributed by atoms with Crippen molar-refractivity contribution < 1.29 is 0 Å². The smallest absolute Gasteiger partial charge is 0.0281 e. The molecule has 88 valence electrons. The van der Waals surface area contributed by atoms with Gasteiger partial charge < -0.3 is 5.32 Å². The van der Waals surface area contributed by atoms with E-state index in [9.17, 15) is 0 Å². The molecule has 0 saturated carbocycles. The highest BCUT2D eigenvalue weighted by molar-refractivity contribution is 4.95. The van der Waals surface area contributed by atoms with Crippen molar-refractivity contribution in [1.29, 1.82) is 0 Å². The first kappa shape index (κ1) is 12.7. The molecule has 0 aliphatic carbocycles. The van der Waals surface area contributed by atoms with Crippen molar-refractivity contribution in [3.63, 3.8) is 0 Å². The van der Waals surface area contributed by atoms with Gasteiger partial charge in [0.1, 0.15) is 0 Å². The summed E-state index contributed by atoms with van der Waals surface area (Å²) in [5.41, 5.74) is 0.266. The summed E-state index contributed by atoms with van der Waals surface area (Å²) in [6, 6.07) is 0.651. The Hall–Kier alpha value is -0.340. The Balaban J connectivity index is 2.54. The van der Waals surface area contributed by atoms with Gasteiger partial charge in [-0.25, -0.2) is 0 Å². The molecule has 1 atom stereocenters. The molecule has 0 amide bonds. The lowest BCUT2D eigenvalue weighted by atomic mass is 9.94. The van der Waals surface area contributed by atoms with Crippen LogP contribution in [0.3, 0.4) is 0 Å². The largest absolute Gasteiger partial charge is 0.311 e. The molecule has 2 nitrogen and oxygen atoms in total. The standard InChI is InChI=1S/C13H26N2/c1-6-7-15-9-12(8-11(2)3)14-10-13(15,4)5/h6,11-12,14H,1,7-10H2,2-5H3. The van der Waals surface area contributed by atoms with E-state index in [-0.39, 0.29) is 5.54 Å². The van der Waals surface area contributed by atoms with Crippen LogP contribution in [-0.2, 0) is 0 Å². The molecule has 1 aliphatic rings. The van der Waals surface area contributed by atoms with E-state index in [0.29, 0.717) is 6.04 Å². The molecule has 1 unspecified atom stereocenters. The second-order valence-corrected chi connectivity index (χ2v) is 5.71. The predicted octanol–water partition coefficient (Wildman–Crippen LogP) is 2.27. The van der Waals surface area contributed by atoms with Crippen molar-refractivity contribution >= 4 is 0 Å². The maximum atomic E-state index is 3.84. The summed E-state index contributed by atoms with van der Waals surface area (Å²) in [6.45, 7) is 16.3. The van der Waals surface area contributed by atoms with Gasteiger partial charge in [-0.3, -0.25) is 4.90 Å². The average Bonchev–Trinajstić information content (AvgIpc) is 2.11. The normalized spacial score (nSPS) is 26.9. The van der Waals surface area contributed by atoms with Crippen LogP contribution in [0.5, 0.6) is 0 Å². The van der Waals surface area contributed by atoms with E-state index in [1.165, 1.54) is 6.42 Å². The molecule has 0 aromatic heterocycles. The van der Waals surface area contributed by atoms with Crippen LogP contribution in [-0.4, -0.2) is 36.1 Å². The molecule has 1 N–H and O–H groups in total. The van der Waals surface area contributed by atoms with Gasteiger partial charge in [0, 0.05) is 31.2 Å². The number of hydrogen-bond acceptors (Lipinski definition) is 2.